The standard InChI is InChI=1S/C14H21F2NO/c1-14(2,3)17-10-11-7-12(16)9-13(8-11)18-6-4-5-15/h7-9,17H,4-6,10H2,1-3H3. The van der Waals surface area contributed by atoms with Crippen LogP contribution in [0.2, 0.25) is 0 Å². The van der Waals surface area contributed by atoms with Gasteiger partial charge >= 0.3 is 0 Å². The molecule has 0 atom stereocenters. The molecule has 0 radical (unpaired) electrons. The van der Waals surface area contributed by atoms with Crippen LogP contribution in [0.5, 0.6) is 5.75 Å². The number of hydrogen-bond acceptors (Lipinski definition) is 2. The summed E-state index contributed by atoms with van der Waals surface area (Å²) in [5.41, 5.74) is 0.793. The first kappa shape index (κ1) is 14.9. The molecule has 0 heterocycles. The van der Waals surface area contributed by atoms with Crippen LogP contribution in [0.1, 0.15) is 32.8 Å². The van der Waals surface area contributed by atoms with Crippen LogP contribution < -0.4 is 10.1 Å². The average molecular weight is 257 g/mol. The maximum Gasteiger partial charge on any atom is 0.127 e. The fourth-order valence-electron chi connectivity index (χ4n) is 1.42. The molecule has 0 saturated carbocycles. The van der Waals surface area contributed by atoms with Crippen molar-refractivity contribution in [1.82, 2.24) is 5.32 Å². The third-order valence-corrected chi connectivity index (χ3v) is 2.30. The third-order valence-electron chi connectivity index (χ3n) is 2.30. The second-order valence-corrected chi connectivity index (χ2v) is 5.29. The Bertz CT molecular complexity index is 375. The Morgan fingerprint density at radius 2 is 1.94 bits per heavy atom. The molecule has 18 heavy (non-hydrogen) atoms. The predicted molar refractivity (Wildman–Crippen MR) is 69.1 cm³/mol. The maximum absolute atomic E-state index is 13.4. The van der Waals surface area contributed by atoms with E-state index < -0.39 is 6.67 Å². The molecule has 1 rings (SSSR count). The van der Waals surface area contributed by atoms with E-state index in [-0.39, 0.29) is 18.0 Å². The van der Waals surface area contributed by atoms with Crippen molar-refractivity contribution in [1.29, 1.82) is 0 Å². The highest BCUT2D eigenvalue weighted by Gasteiger charge is 2.09. The Kier molecular flexibility index (Phi) is 5.54. The average Bonchev–Trinajstić information content (AvgIpc) is 2.25. The molecule has 2 nitrogen and oxygen atoms in total. The number of halogens is 2. The van der Waals surface area contributed by atoms with Gasteiger partial charge in [0.2, 0.25) is 0 Å². The number of ether oxygens (including phenoxy) is 1. The molecule has 0 aliphatic heterocycles. The Morgan fingerprint density at radius 1 is 1.22 bits per heavy atom. The van der Waals surface area contributed by atoms with Gasteiger partial charge in [0, 0.05) is 24.6 Å². The number of alkyl halides is 1. The molecule has 0 aliphatic rings. The number of hydrogen-bond donors (Lipinski definition) is 1. The van der Waals surface area contributed by atoms with Crippen LogP contribution in [-0.4, -0.2) is 18.8 Å². The number of benzene rings is 1. The zero-order valence-corrected chi connectivity index (χ0v) is 11.2. The van der Waals surface area contributed by atoms with Crippen LogP contribution in [0, 0.1) is 5.82 Å². The molecule has 0 saturated heterocycles. The van der Waals surface area contributed by atoms with E-state index in [1.807, 2.05) is 20.8 Å². The van der Waals surface area contributed by atoms with Gasteiger partial charge < -0.3 is 10.1 Å². The summed E-state index contributed by atoms with van der Waals surface area (Å²) in [6, 6.07) is 4.57. The molecule has 102 valence electrons. The maximum atomic E-state index is 13.4. The lowest BCUT2D eigenvalue weighted by Crippen LogP contribution is -2.35. The van der Waals surface area contributed by atoms with Crippen molar-refractivity contribution >= 4 is 0 Å². The summed E-state index contributed by atoms with van der Waals surface area (Å²) >= 11 is 0. The minimum absolute atomic E-state index is 0.0262. The van der Waals surface area contributed by atoms with E-state index in [0.717, 1.165) is 5.56 Å². The van der Waals surface area contributed by atoms with E-state index in [1.54, 1.807) is 6.07 Å². The van der Waals surface area contributed by atoms with Crippen molar-refractivity contribution in [2.75, 3.05) is 13.3 Å². The van der Waals surface area contributed by atoms with Crippen LogP contribution >= 0.6 is 0 Å². The van der Waals surface area contributed by atoms with E-state index in [2.05, 4.69) is 5.32 Å². The zero-order chi connectivity index (χ0) is 13.6. The van der Waals surface area contributed by atoms with Gasteiger partial charge in [0.1, 0.15) is 11.6 Å². The summed E-state index contributed by atoms with van der Waals surface area (Å²) in [7, 11) is 0. The number of rotatable bonds is 6. The lowest BCUT2D eigenvalue weighted by Gasteiger charge is -2.20. The molecular formula is C14H21F2NO. The van der Waals surface area contributed by atoms with Gasteiger partial charge in [-0.05, 0) is 38.5 Å². The van der Waals surface area contributed by atoms with E-state index in [4.69, 9.17) is 4.74 Å². The predicted octanol–water partition coefficient (Wildman–Crippen LogP) is 3.45. The molecule has 0 amide bonds. The minimum Gasteiger partial charge on any atom is -0.493 e. The molecule has 0 spiro atoms. The lowest BCUT2D eigenvalue weighted by molar-refractivity contribution is 0.288. The van der Waals surface area contributed by atoms with E-state index in [0.29, 0.717) is 18.7 Å². The van der Waals surface area contributed by atoms with Gasteiger partial charge in [-0.3, -0.25) is 4.39 Å². The molecule has 0 fully saturated rings. The number of nitrogens with one attached hydrogen (secondary N) is 1. The van der Waals surface area contributed by atoms with Crippen LogP contribution in [0.15, 0.2) is 18.2 Å². The zero-order valence-electron chi connectivity index (χ0n) is 11.2. The molecular weight excluding hydrogens is 236 g/mol. The summed E-state index contributed by atoms with van der Waals surface area (Å²) in [4.78, 5) is 0. The Morgan fingerprint density at radius 3 is 2.56 bits per heavy atom. The van der Waals surface area contributed by atoms with Crippen LogP contribution in [0.3, 0.4) is 0 Å². The van der Waals surface area contributed by atoms with Crippen molar-refractivity contribution in [3.63, 3.8) is 0 Å². The fourth-order valence-corrected chi connectivity index (χ4v) is 1.42. The largest absolute Gasteiger partial charge is 0.493 e. The molecule has 1 aromatic rings. The Balaban J connectivity index is 2.62. The first-order valence-electron chi connectivity index (χ1n) is 6.14. The first-order chi connectivity index (χ1) is 8.40. The summed E-state index contributed by atoms with van der Waals surface area (Å²) < 4.78 is 30.6. The fraction of sp³-hybridized carbons (Fsp3) is 0.571. The molecule has 1 N–H and O–H groups in total. The van der Waals surface area contributed by atoms with Crippen molar-refractivity contribution in [3.8, 4) is 5.75 Å². The van der Waals surface area contributed by atoms with Gasteiger partial charge in [-0.25, -0.2) is 4.39 Å². The van der Waals surface area contributed by atoms with Crippen molar-refractivity contribution in [2.24, 2.45) is 0 Å². The smallest absolute Gasteiger partial charge is 0.127 e. The summed E-state index contributed by atoms with van der Waals surface area (Å²) in [6.45, 7) is 6.56. The summed E-state index contributed by atoms with van der Waals surface area (Å²) in [5, 5.41) is 3.28. The van der Waals surface area contributed by atoms with E-state index >= 15 is 0 Å². The Hall–Kier alpha value is -1.16. The normalized spacial score (nSPS) is 11.6. The van der Waals surface area contributed by atoms with Crippen molar-refractivity contribution in [3.05, 3.63) is 29.6 Å². The van der Waals surface area contributed by atoms with Gasteiger partial charge in [0.15, 0.2) is 0 Å². The summed E-state index contributed by atoms with van der Waals surface area (Å²) in [6.07, 6.45) is 0.325. The van der Waals surface area contributed by atoms with Crippen LogP contribution in [-0.2, 0) is 6.54 Å². The van der Waals surface area contributed by atoms with Crippen molar-refractivity contribution in [2.45, 2.75) is 39.3 Å². The van der Waals surface area contributed by atoms with E-state index in [1.165, 1.54) is 12.1 Å². The molecule has 0 aliphatic carbocycles. The highest BCUT2D eigenvalue weighted by molar-refractivity contribution is 5.29. The van der Waals surface area contributed by atoms with Gasteiger partial charge in [-0.2, -0.15) is 0 Å². The van der Waals surface area contributed by atoms with Gasteiger partial charge in [0.25, 0.3) is 0 Å². The van der Waals surface area contributed by atoms with E-state index in [9.17, 15) is 8.78 Å². The Labute approximate surface area is 107 Å². The molecule has 0 unspecified atom stereocenters. The SMILES string of the molecule is CC(C)(C)NCc1cc(F)cc(OCCCF)c1. The highest BCUT2D eigenvalue weighted by atomic mass is 19.1. The summed E-state index contributed by atoms with van der Waals surface area (Å²) in [5.74, 6) is 0.118. The van der Waals surface area contributed by atoms with Crippen molar-refractivity contribution < 1.29 is 13.5 Å². The van der Waals surface area contributed by atoms with Gasteiger partial charge in [-0.15, -0.1) is 0 Å². The lowest BCUT2D eigenvalue weighted by atomic mass is 10.1. The third kappa shape index (κ3) is 5.96. The first-order valence-corrected chi connectivity index (χ1v) is 6.14. The molecule has 0 aromatic heterocycles. The van der Waals surface area contributed by atoms with Gasteiger partial charge in [-0.1, -0.05) is 0 Å². The van der Waals surface area contributed by atoms with Gasteiger partial charge in [0.05, 0.1) is 13.3 Å². The molecule has 4 heteroatoms. The monoisotopic (exact) mass is 257 g/mol. The van der Waals surface area contributed by atoms with Crippen LogP contribution in [0.25, 0.3) is 0 Å². The second-order valence-electron chi connectivity index (χ2n) is 5.29. The quantitative estimate of drug-likeness (QED) is 0.788. The minimum atomic E-state index is -0.423. The molecule has 0 bridgehead atoms. The highest BCUT2D eigenvalue weighted by Crippen LogP contribution is 2.17. The second kappa shape index (κ2) is 6.69. The molecule has 1 aromatic carbocycles. The topological polar surface area (TPSA) is 21.3 Å². The van der Waals surface area contributed by atoms with Crippen LogP contribution in [0.4, 0.5) is 8.78 Å².